The third kappa shape index (κ3) is 4.55. The van der Waals surface area contributed by atoms with Crippen molar-refractivity contribution >= 4 is 32.7 Å². The molecule has 3 aromatic heterocycles. The predicted octanol–water partition coefficient (Wildman–Crippen LogP) is 4.28. The van der Waals surface area contributed by atoms with Crippen LogP contribution in [0.3, 0.4) is 0 Å². The minimum atomic E-state index is -4.34. The molecule has 37 heavy (non-hydrogen) atoms. The zero-order valence-electron chi connectivity index (χ0n) is 19.2. The summed E-state index contributed by atoms with van der Waals surface area (Å²) in [5, 5.41) is 0.165. The van der Waals surface area contributed by atoms with Crippen molar-refractivity contribution in [3.63, 3.8) is 0 Å². The lowest BCUT2D eigenvalue weighted by molar-refractivity contribution is 0.103. The molecule has 13 heteroatoms. The normalized spacial score (nSPS) is 16.4. The van der Waals surface area contributed by atoms with E-state index in [1.807, 2.05) is 4.72 Å². The van der Waals surface area contributed by atoms with Crippen LogP contribution in [0, 0.1) is 24.4 Å². The van der Waals surface area contributed by atoms with E-state index in [0.717, 1.165) is 16.4 Å². The van der Waals surface area contributed by atoms with Crippen LogP contribution in [0.4, 0.5) is 23.2 Å². The number of fused-ring (bicyclic) bond motifs is 1. The van der Waals surface area contributed by atoms with Crippen molar-refractivity contribution in [2.75, 3.05) is 17.8 Å². The molecule has 0 unspecified atom stereocenters. The molecule has 1 atom stereocenters. The number of halogens is 4. The van der Waals surface area contributed by atoms with E-state index in [4.69, 9.17) is 0 Å². The van der Waals surface area contributed by atoms with Gasteiger partial charge in [0.25, 0.3) is 0 Å². The molecule has 192 valence electrons. The molecule has 0 spiro atoms. The van der Waals surface area contributed by atoms with Gasteiger partial charge in [-0.2, -0.15) is 12.7 Å². The van der Waals surface area contributed by atoms with E-state index in [-0.39, 0.29) is 40.7 Å². The Morgan fingerprint density at radius 2 is 1.92 bits per heavy atom. The number of carbonyl (C=O) groups excluding carboxylic acids is 1. The van der Waals surface area contributed by atoms with E-state index >= 15 is 4.39 Å². The van der Waals surface area contributed by atoms with Gasteiger partial charge in [-0.1, -0.05) is 0 Å². The van der Waals surface area contributed by atoms with Gasteiger partial charge in [0.1, 0.15) is 23.5 Å². The number of pyridine rings is 2. The number of benzene rings is 1. The largest absolute Gasteiger partial charge is 0.345 e. The summed E-state index contributed by atoms with van der Waals surface area (Å²) in [4.78, 5) is 24.2. The van der Waals surface area contributed by atoms with Gasteiger partial charge in [-0.15, -0.1) is 0 Å². The van der Waals surface area contributed by atoms with Crippen LogP contribution in [-0.4, -0.2) is 52.7 Å². The summed E-state index contributed by atoms with van der Waals surface area (Å²) in [5.74, 6) is -4.31. The van der Waals surface area contributed by atoms with Crippen molar-refractivity contribution in [1.82, 2.24) is 19.3 Å². The highest BCUT2D eigenvalue weighted by Gasteiger charge is 2.33. The molecular weight excluding hydrogens is 514 g/mol. The number of aromatic nitrogens is 3. The van der Waals surface area contributed by atoms with Crippen LogP contribution >= 0.6 is 0 Å². The molecule has 1 aliphatic rings. The number of hydrogen-bond donors (Lipinski definition) is 2. The molecule has 0 aliphatic carbocycles. The maximum atomic E-state index is 15.3. The molecule has 4 aromatic rings. The Labute approximate surface area is 208 Å². The zero-order valence-corrected chi connectivity index (χ0v) is 20.0. The van der Waals surface area contributed by atoms with Crippen LogP contribution in [0.1, 0.15) is 28.0 Å². The number of alkyl halides is 1. The maximum absolute atomic E-state index is 15.3. The van der Waals surface area contributed by atoms with Crippen LogP contribution in [0.2, 0.25) is 0 Å². The summed E-state index contributed by atoms with van der Waals surface area (Å²) >= 11 is 0. The summed E-state index contributed by atoms with van der Waals surface area (Å²) in [6.45, 7) is 1.12. The van der Waals surface area contributed by atoms with E-state index in [9.17, 15) is 26.4 Å². The predicted molar refractivity (Wildman–Crippen MR) is 127 cm³/mol. The van der Waals surface area contributed by atoms with Gasteiger partial charge in [-0.05, 0) is 37.6 Å². The molecule has 0 radical (unpaired) electrons. The van der Waals surface area contributed by atoms with E-state index in [1.165, 1.54) is 30.7 Å². The molecule has 0 bridgehead atoms. The molecule has 8 nitrogen and oxygen atoms in total. The Balaban J connectivity index is 1.53. The quantitative estimate of drug-likeness (QED) is 0.284. The summed E-state index contributed by atoms with van der Waals surface area (Å²) in [6.07, 6.45) is 2.52. The van der Waals surface area contributed by atoms with E-state index in [0.29, 0.717) is 5.69 Å². The van der Waals surface area contributed by atoms with Gasteiger partial charge in [0.2, 0.25) is 5.78 Å². The molecule has 0 saturated carbocycles. The number of anilines is 1. The Morgan fingerprint density at radius 1 is 1.14 bits per heavy atom. The molecular formula is C24H19F4N5O3S. The summed E-state index contributed by atoms with van der Waals surface area (Å²) in [6, 6.07) is 4.26. The SMILES string of the molecule is Cc1cc(F)c(-c2cnc3[nH]cc(C(=O)c4c(F)ccc(NS(=O)(=O)N5CC[C@@H](F)C5)c4F)c3c2)cn1. The Kier molecular flexibility index (Phi) is 6.20. The number of ketones is 1. The van der Waals surface area contributed by atoms with Crippen molar-refractivity contribution in [3.05, 3.63) is 77.1 Å². The van der Waals surface area contributed by atoms with Crippen LogP contribution in [-0.2, 0) is 10.2 Å². The molecule has 1 saturated heterocycles. The minimum Gasteiger partial charge on any atom is -0.345 e. The standard InChI is InChI=1S/C24H19F4N5O3S/c1-12-6-19(27)16(9-29-12)13-7-15-17(10-31-24(15)30-8-13)23(34)21-18(26)2-3-20(22(21)28)32-37(35,36)33-5-4-14(25)11-33/h2-3,6-10,14,32H,4-5,11H2,1H3,(H,30,31)/t14-/m1/s1. The fourth-order valence-corrected chi connectivity index (χ4v) is 5.43. The molecule has 5 rings (SSSR count). The fraction of sp³-hybridized carbons (Fsp3) is 0.208. The first-order valence-corrected chi connectivity index (χ1v) is 12.5. The van der Waals surface area contributed by atoms with Crippen molar-refractivity contribution in [2.45, 2.75) is 19.5 Å². The van der Waals surface area contributed by atoms with Crippen LogP contribution in [0.25, 0.3) is 22.2 Å². The maximum Gasteiger partial charge on any atom is 0.301 e. The number of carbonyl (C=O) groups is 1. The molecule has 1 fully saturated rings. The van der Waals surface area contributed by atoms with Crippen molar-refractivity contribution < 1.29 is 30.8 Å². The van der Waals surface area contributed by atoms with Crippen LogP contribution in [0.5, 0.6) is 0 Å². The van der Waals surface area contributed by atoms with Gasteiger partial charge in [-0.3, -0.25) is 14.5 Å². The van der Waals surface area contributed by atoms with Gasteiger partial charge >= 0.3 is 10.2 Å². The first kappa shape index (κ1) is 24.8. The van der Waals surface area contributed by atoms with Crippen LogP contribution in [0.15, 0.2) is 42.9 Å². The first-order chi connectivity index (χ1) is 17.5. The first-order valence-electron chi connectivity index (χ1n) is 11.1. The summed E-state index contributed by atoms with van der Waals surface area (Å²) in [7, 11) is -4.34. The second-order valence-corrected chi connectivity index (χ2v) is 10.3. The van der Waals surface area contributed by atoms with E-state index in [2.05, 4.69) is 15.0 Å². The third-order valence-electron chi connectivity index (χ3n) is 6.07. The van der Waals surface area contributed by atoms with Gasteiger partial charge in [0, 0.05) is 59.5 Å². The lowest BCUT2D eigenvalue weighted by Gasteiger charge is -2.18. The number of aryl methyl sites for hydroxylation is 1. The monoisotopic (exact) mass is 533 g/mol. The number of hydrogen-bond acceptors (Lipinski definition) is 5. The second kappa shape index (κ2) is 9.23. The third-order valence-corrected chi connectivity index (χ3v) is 7.56. The lowest BCUT2D eigenvalue weighted by atomic mass is 10.00. The van der Waals surface area contributed by atoms with Gasteiger partial charge < -0.3 is 4.98 Å². The summed E-state index contributed by atoms with van der Waals surface area (Å²) < 4.78 is 85.9. The molecule has 4 heterocycles. The molecule has 1 aromatic carbocycles. The number of nitrogens with one attached hydrogen (secondary N) is 2. The zero-order chi connectivity index (χ0) is 26.5. The van der Waals surface area contributed by atoms with Crippen molar-refractivity contribution in [3.8, 4) is 11.1 Å². The highest BCUT2D eigenvalue weighted by Crippen LogP contribution is 2.31. The molecule has 1 aliphatic heterocycles. The second-order valence-electron chi connectivity index (χ2n) is 8.59. The van der Waals surface area contributed by atoms with Gasteiger partial charge in [0.15, 0.2) is 5.82 Å². The van der Waals surface area contributed by atoms with E-state index < -0.39 is 57.4 Å². The highest BCUT2D eigenvalue weighted by atomic mass is 32.2. The van der Waals surface area contributed by atoms with Crippen molar-refractivity contribution in [2.24, 2.45) is 0 Å². The Bertz CT molecular complexity index is 1660. The van der Waals surface area contributed by atoms with E-state index in [1.54, 1.807) is 6.92 Å². The van der Waals surface area contributed by atoms with Gasteiger partial charge in [-0.25, -0.2) is 22.5 Å². The minimum absolute atomic E-state index is 0.00428. The summed E-state index contributed by atoms with van der Waals surface area (Å²) in [5.41, 5.74) is -0.764. The highest BCUT2D eigenvalue weighted by molar-refractivity contribution is 7.90. The molecule has 0 amide bonds. The average molecular weight is 534 g/mol. The number of H-pyrrole nitrogens is 1. The van der Waals surface area contributed by atoms with Crippen molar-refractivity contribution in [1.29, 1.82) is 0 Å². The fourth-order valence-electron chi connectivity index (χ4n) is 4.16. The smallest absolute Gasteiger partial charge is 0.301 e. The number of rotatable bonds is 6. The Morgan fingerprint density at radius 3 is 2.62 bits per heavy atom. The number of nitrogens with zero attached hydrogens (tertiary/aromatic N) is 3. The lowest BCUT2D eigenvalue weighted by Crippen LogP contribution is -2.34. The topological polar surface area (TPSA) is 108 Å². The number of aromatic amines is 1. The van der Waals surface area contributed by atoms with Gasteiger partial charge in [0.05, 0.1) is 11.3 Å². The Hall–Kier alpha value is -3.84. The average Bonchev–Trinajstić information content (AvgIpc) is 3.47. The molecule has 2 N–H and O–H groups in total. The van der Waals surface area contributed by atoms with Crippen LogP contribution < -0.4 is 4.72 Å².